The van der Waals surface area contributed by atoms with E-state index in [-0.39, 0.29) is 12.2 Å². The van der Waals surface area contributed by atoms with Crippen molar-refractivity contribution in [2.24, 2.45) is 5.92 Å². The minimum absolute atomic E-state index is 0.133. The van der Waals surface area contributed by atoms with Crippen molar-refractivity contribution in [3.05, 3.63) is 0 Å². The Bertz CT molecular complexity index is 165. The van der Waals surface area contributed by atoms with E-state index in [1.807, 2.05) is 0 Å². The van der Waals surface area contributed by atoms with E-state index in [4.69, 9.17) is 4.74 Å². The molecule has 1 N–H and O–H groups in total. The van der Waals surface area contributed by atoms with Crippen LogP contribution in [0.4, 0.5) is 0 Å². The van der Waals surface area contributed by atoms with Crippen molar-refractivity contribution < 1.29 is 9.84 Å². The molecule has 2 heteroatoms. The quantitative estimate of drug-likeness (QED) is 0.725. The Morgan fingerprint density at radius 2 is 2.08 bits per heavy atom. The summed E-state index contributed by atoms with van der Waals surface area (Å²) in [4.78, 5) is 0. The zero-order chi connectivity index (χ0) is 9.26. The fourth-order valence-electron chi connectivity index (χ4n) is 2.12. The predicted octanol–water partition coefficient (Wildman–Crippen LogP) is 2.10. The van der Waals surface area contributed by atoms with Gasteiger partial charge in [-0.3, -0.25) is 0 Å². The summed E-state index contributed by atoms with van der Waals surface area (Å²) < 4.78 is 5.63. The van der Waals surface area contributed by atoms with E-state index in [1.54, 1.807) is 0 Å². The topological polar surface area (TPSA) is 29.5 Å². The van der Waals surface area contributed by atoms with Crippen LogP contribution in [0.25, 0.3) is 0 Å². The first-order chi connectivity index (χ1) is 6.25. The Labute approximate surface area is 80.3 Å². The highest BCUT2D eigenvalue weighted by Gasteiger charge is 2.30. The first-order valence-corrected chi connectivity index (χ1v) is 5.59. The second kappa shape index (κ2) is 3.97. The summed E-state index contributed by atoms with van der Waals surface area (Å²) in [6.07, 6.45) is 7.37. The summed E-state index contributed by atoms with van der Waals surface area (Å²) in [6, 6.07) is 0. The SMILES string of the molecule is CC1CCC(C(O)CCC2CC2)O1. The molecule has 13 heavy (non-hydrogen) atoms. The van der Waals surface area contributed by atoms with Crippen molar-refractivity contribution in [2.45, 2.75) is 63.8 Å². The average Bonchev–Trinajstić information content (AvgIpc) is 2.84. The lowest BCUT2D eigenvalue weighted by Gasteiger charge is -2.17. The van der Waals surface area contributed by atoms with Gasteiger partial charge in [0.1, 0.15) is 0 Å². The van der Waals surface area contributed by atoms with Gasteiger partial charge in [-0.1, -0.05) is 12.8 Å². The van der Waals surface area contributed by atoms with Crippen LogP contribution in [0, 0.1) is 5.92 Å². The zero-order valence-corrected chi connectivity index (χ0v) is 8.41. The smallest absolute Gasteiger partial charge is 0.0838 e. The molecule has 3 unspecified atom stereocenters. The number of hydrogen-bond acceptors (Lipinski definition) is 2. The molecule has 76 valence electrons. The van der Waals surface area contributed by atoms with Crippen LogP contribution >= 0.6 is 0 Å². The van der Waals surface area contributed by atoms with Crippen LogP contribution in [0.2, 0.25) is 0 Å². The van der Waals surface area contributed by atoms with Gasteiger partial charge in [0.2, 0.25) is 0 Å². The van der Waals surface area contributed by atoms with Gasteiger partial charge in [0.25, 0.3) is 0 Å². The molecule has 2 nitrogen and oxygen atoms in total. The lowest BCUT2D eigenvalue weighted by Crippen LogP contribution is -2.26. The third kappa shape index (κ3) is 2.68. The molecule has 1 saturated carbocycles. The van der Waals surface area contributed by atoms with Gasteiger partial charge in [-0.2, -0.15) is 0 Å². The zero-order valence-electron chi connectivity index (χ0n) is 8.41. The van der Waals surface area contributed by atoms with Crippen LogP contribution in [-0.4, -0.2) is 23.4 Å². The third-order valence-corrected chi connectivity index (χ3v) is 3.26. The van der Waals surface area contributed by atoms with Crippen molar-refractivity contribution >= 4 is 0 Å². The summed E-state index contributed by atoms with van der Waals surface area (Å²) in [5.41, 5.74) is 0. The largest absolute Gasteiger partial charge is 0.390 e. The normalized spacial score (nSPS) is 36.5. The van der Waals surface area contributed by atoms with Crippen LogP contribution < -0.4 is 0 Å². The summed E-state index contributed by atoms with van der Waals surface area (Å²) >= 11 is 0. The number of rotatable bonds is 4. The number of aliphatic hydroxyl groups is 1. The maximum absolute atomic E-state index is 9.82. The van der Waals surface area contributed by atoms with Gasteiger partial charge in [0, 0.05) is 0 Å². The first-order valence-electron chi connectivity index (χ1n) is 5.59. The Balaban J connectivity index is 1.66. The van der Waals surface area contributed by atoms with Crippen molar-refractivity contribution in [2.75, 3.05) is 0 Å². The molecule has 0 amide bonds. The second-order valence-electron chi connectivity index (χ2n) is 4.65. The van der Waals surface area contributed by atoms with Crippen molar-refractivity contribution in [3.63, 3.8) is 0 Å². The number of hydrogen-bond donors (Lipinski definition) is 1. The summed E-state index contributed by atoms with van der Waals surface area (Å²) in [5, 5.41) is 9.82. The van der Waals surface area contributed by atoms with Gasteiger partial charge in [-0.05, 0) is 38.5 Å². The Kier molecular flexibility index (Phi) is 2.89. The fraction of sp³-hybridized carbons (Fsp3) is 1.00. The van der Waals surface area contributed by atoms with Gasteiger partial charge in [0.05, 0.1) is 18.3 Å². The summed E-state index contributed by atoms with van der Waals surface area (Å²) in [5.74, 6) is 0.925. The van der Waals surface area contributed by atoms with E-state index in [1.165, 1.54) is 19.3 Å². The molecule has 1 saturated heterocycles. The number of aliphatic hydroxyl groups excluding tert-OH is 1. The molecular formula is C11H20O2. The molecule has 0 aromatic heterocycles. The predicted molar refractivity (Wildman–Crippen MR) is 51.5 cm³/mol. The standard InChI is InChI=1S/C11H20O2/c1-8-2-7-11(13-8)10(12)6-5-9-3-4-9/h8-12H,2-7H2,1H3. The van der Waals surface area contributed by atoms with E-state index in [2.05, 4.69) is 6.92 Å². The van der Waals surface area contributed by atoms with Crippen molar-refractivity contribution in [1.29, 1.82) is 0 Å². The molecule has 1 aliphatic heterocycles. The second-order valence-corrected chi connectivity index (χ2v) is 4.65. The van der Waals surface area contributed by atoms with E-state index in [0.29, 0.717) is 6.10 Å². The lowest BCUT2D eigenvalue weighted by atomic mass is 10.0. The highest BCUT2D eigenvalue weighted by molar-refractivity contribution is 4.80. The highest BCUT2D eigenvalue weighted by Crippen LogP contribution is 2.35. The molecule has 3 atom stereocenters. The van der Waals surface area contributed by atoms with Crippen molar-refractivity contribution in [1.82, 2.24) is 0 Å². The van der Waals surface area contributed by atoms with Crippen LogP contribution in [0.5, 0.6) is 0 Å². The molecule has 0 aromatic rings. The lowest BCUT2D eigenvalue weighted by molar-refractivity contribution is -0.0325. The van der Waals surface area contributed by atoms with E-state index >= 15 is 0 Å². The third-order valence-electron chi connectivity index (χ3n) is 3.26. The monoisotopic (exact) mass is 184 g/mol. The van der Waals surface area contributed by atoms with Crippen LogP contribution in [0.3, 0.4) is 0 Å². The van der Waals surface area contributed by atoms with Gasteiger partial charge in [-0.25, -0.2) is 0 Å². The molecule has 2 rings (SSSR count). The van der Waals surface area contributed by atoms with Gasteiger partial charge in [-0.15, -0.1) is 0 Å². The maximum Gasteiger partial charge on any atom is 0.0838 e. The molecule has 0 radical (unpaired) electrons. The Hall–Kier alpha value is -0.0800. The van der Waals surface area contributed by atoms with Crippen LogP contribution in [-0.2, 0) is 4.74 Å². The minimum Gasteiger partial charge on any atom is -0.390 e. The molecule has 0 bridgehead atoms. The van der Waals surface area contributed by atoms with Gasteiger partial charge in [0.15, 0.2) is 0 Å². The Morgan fingerprint density at radius 3 is 2.62 bits per heavy atom. The highest BCUT2D eigenvalue weighted by atomic mass is 16.5. The van der Waals surface area contributed by atoms with Crippen LogP contribution in [0.15, 0.2) is 0 Å². The molecule has 1 aliphatic carbocycles. The van der Waals surface area contributed by atoms with Gasteiger partial charge < -0.3 is 9.84 Å². The van der Waals surface area contributed by atoms with Crippen molar-refractivity contribution in [3.8, 4) is 0 Å². The molecule has 0 aromatic carbocycles. The Morgan fingerprint density at radius 1 is 1.31 bits per heavy atom. The molecule has 2 aliphatic rings. The maximum atomic E-state index is 9.82. The van der Waals surface area contributed by atoms with E-state index < -0.39 is 0 Å². The average molecular weight is 184 g/mol. The van der Waals surface area contributed by atoms with E-state index in [0.717, 1.165) is 25.2 Å². The molecular weight excluding hydrogens is 164 g/mol. The molecule has 1 heterocycles. The first kappa shape index (κ1) is 9.47. The minimum atomic E-state index is -0.203. The summed E-state index contributed by atoms with van der Waals surface area (Å²) in [6.45, 7) is 2.09. The van der Waals surface area contributed by atoms with E-state index in [9.17, 15) is 5.11 Å². The molecule has 0 spiro atoms. The van der Waals surface area contributed by atoms with Gasteiger partial charge >= 0.3 is 0 Å². The fourth-order valence-corrected chi connectivity index (χ4v) is 2.12. The summed E-state index contributed by atoms with van der Waals surface area (Å²) in [7, 11) is 0. The van der Waals surface area contributed by atoms with Crippen LogP contribution in [0.1, 0.15) is 45.4 Å². The number of ether oxygens (including phenoxy) is 1. The molecule has 2 fully saturated rings.